The Morgan fingerprint density at radius 3 is 2.84 bits per heavy atom. The number of nitrogens with zero attached hydrogens (tertiary/aromatic N) is 1. The number of pyridine rings is 1. The van der Waals surface area contributed by atoms with E-state index < -0.39 is 11.6 Å². The Bertz CT molecular complexity index is 779. The molecule has 1 amide bonds. The molecule has 0 saturated heterocycles. The van der Waals surface area contributed by atoms with Gasteiger partial charge in [-0.3, -0.25) is 9.78 Å². The van der Waals surface area contributed by atoms with Gasteiger partial charge in [-0.15, -0.1) is 0 Å². The number of aromatic nitrogens is 1. The van der Waals surface area contributed by atoms with E-state index in [1.807, 2.05) is 13.8 Å². The third-order valence-corrected chi connectivity index (χ3v) is 4.60. The van der Waals surface area contributed by atoms with Crippen molar-refractivity contribution in [2.45, 2.75) is 51.6 Å². The first-order valence-corrected chi connectivity index (χ1v) is 8.74. The van der Waals surface area contributed by atoms with Crippen LogP contribution in [-0.4, -0.2) is 23.0 Å². The van der Waals surface area contributed by atoms with Crippen molar-refractivity contribution >= 4 is 22.5 Å². The van der Waals surface area contributed by atoms with Crippen LogP contribution in [0.25, 0.3) is 10.9 Å². The monoisotopic (exact) mass is 347 g/mol. The Hall–Kier alpha value is -2.24. The van der Waals surface area contributed by atoms with Crippen LogP contribution >= 0.6 is 0 Å². The summed E-state index contributed by atoms with van der Waals surface area (Å²) < 4.78 is 27.5. The molecule has 2 unspecified atom stereocenters. The van der Waals surface area contributed by atoms with E-state index in [-0.39, 0.29) is 29.4 Å². The first-order valence-electron chi connectivity index (χ1n) is 8.74. The van der Waals surface area contributed by atoms with Gasteiger partial charge < -0.3 is 10.6 Å². The Labute approximate surface area is 146 Å². The van der Waals surface area contributed by atoms with Crippen LogP contribution in [-0.2, 0) is 4.79 Å². The fourth-order valence-corrected chi connectivity index (χ4v) is 3.49. The van der Waals surface area contributed by atoms with Gasteiger partial charge in [0.05, 0.1) is 0 Å². The standard InChI is InChI=1S/C19H23F2N3O/c1-11(2)23-19(25)12-4-3-5-14(8-12)24-17-6-7-22-18-15(17)9-13(20)10-16(18)21/h6-7,9-12,14H,3-5,8H2,1-2H3,(H,22,24)(H,23,25). The molecule has 2 N–H and O–H groups in total. The summed E-state index contributed by atoms with van der Waals surface area (Å²) in [5, 5.41) is 6.75. The van der Waals surface area contributed by atoms with E-state index in [2.05, 4.69) is 15.6 Å². The predicted molar refractivity (Wildman–Crippen MR) is 94.3 cm³/mol. The molecule has 0 bridgehead atoms. The largest absolute Gasteiger partial charge is 0.382 e. The molecule has 1 fully saturated rings. The number of anilines is 1. The molecule has 0 radical (unpaired) electrons. The molecule has 2 aromatic rings. The molecule has 0 spiro atoms. The van der Waals surface area contributed by atoms with Crippen molar-refractivity contribution in [2.75, 3.05) is 5.32 Å². The molecule has 25 heavy (non-hydrogen) atoms. The number of benzene rings is 1. The topological polar surface area (TPSA) is 54.0 Å². The minimum Gasteiger partial charge on any atom is -0.382 e. The second-order valence-corrected chi connectivity index (χ2v) is 7.01. The van der Waals surface area contributed by atoms with Crippen molar-refractivity contribution in [3.8, 4) is 0 Å². The summed E-state index contributed by atoms with van der Waals surface area (Å²) in [6.07, 6.45) is 4.96. The van der Waals surface area contributed by atoms with Crippen molar-refractivity contribution in [3.05, 3.63) is 36.0 Å². The average Bonchev–Trinajstić information content (AvgIpc) is 2.55. The zero-order valence-corrected chi connectivity index (χ0v) is 14.5. The van der Waals surface area contributed by atoms with Gasteiger partial charge in [-0.1, -0.05) is 6.42 Å². The van der Waals surface area contributed by atoms with E-state index in [1.54, 1.807) is 6.07 Å². The Kier molecular flexibility index (Phi) is 5.16. The molecule has 1 aromatic heterocycles. The van der Waals surface area contributed by atoms with Crippen LogP contribution in [0, 0.1) is 17.6 Å². The summed E-state index contributed by atoms with van der Waals surface area (Å²) in [6.45, 7) is 3.89. The van der Waals surface area contributed by atoms with Gasteiger partial charge in [0, 0.05) is 41.3 Å². The lowest BCUT2D eigenvalue weighted by Gasteiger charge is -2.30. The van der Waals surface area contributed by atoms with Gasteiger partial charge >= 0.3 is 0 Å². The lowest BCUT2D eigenvalue weighted by Crippen LogP contribution is -2.40. The van der Waals surface area contributed by atoms with Gasteiger partial charge in [-0.05, 0) is 45.2 Å². The van der Waals surface area contributed by atoms with E-state index in [9.17, 15) is 13.6 Å². The lowest BCUT2D eigenvalue weighted by atomic mass is 9.84. The van der Waals surface area contributed by atoms with Crippen LogP contribution < -0.4 is 10.6 Å². The highest BCUT2D eigenvalue weighted by molar-refractivity contribution is 5.91. The molecule has 1 aliphatic rings. The van der Waals surface area contributed by atoms with Gasteiger partial charge in [-0.2, -0.15) is 0 Å². The van der Waals surface area contributed by atoms with E-state index in [4.69, 9.17) is 0 Å². The Morgan fingerprint density at radius 2 is 2.08 bits per heavy atom. The summed E-state index contributed by atoms with van der Waals surface area (Å²) in [6, 6.07) is 4.06. The number of hydrogen-bond acceptors (Lipinski definition) is 3. The molecule has 2 atom stereocenters. The maximum atomic E-state index is 13.9. The van der Waals surface area contributed by atoms with Gasteiger partial charge in [0.15, 0.2) is 5.82 Å². The minimum atomic E-state index is -0.670. The second kappa shape index (κ2) is 7.33. The summed E-state index contributed by atoms with van der Waals surface area (Å²) in [4.78, 5) is 16.3. The molecule has 1 heterocycles. The van der Waals surface area contributed by atoms with E-state index in [0.29, 0.717) is 17.5 Å². The predicted octanol–water partition coefficient (Wildman–Crippen LogP) is 4.01. The summed E-state index contributed by atoms with van der Waals surface area (Å²) >= 11 is 0. The van der Waals surface area contributed by atoms with Crippen LogP contribution in [0.15, 0.2) is 24.4 Å². The molecule has 1 saturated carbocycles. The first kappa shape index (κ1) is 17.6. The third kappa shape index (κ3) is 4.06. The molecule has 0 aliphatic heterocycles. The fourth-order valence-electron chi connectivity index (χ4n) is 3.49. The zero-order valence-electron chi connectivity index (χ0n) is 14.5. The molecule has 134 valence electrons. The van der Waals surface area contributed by atoms with Gasteiger partial charge in [0.2, 0.25) is 5.91 Å². The summed E-state index contributed by atoms with van der Waals surface area (Å²) in [5.74, 6) is -1.25. The molecular formula is C19H23F2N3O. The number of rotatable bonds is 4. The van der Waals surface area contributed by atoms with Crippen molar-refractivity contribution < 1.29 is 13.6 Å². The third-order valence-electron chi connectivity index (χ3n) is 4.60. The van der Waals surface area contributed by atoms with Crippen molar-refractivity contribution in [1.29, 1.82) is 0 Å². The van der Waals surface area contributed by atoms with Crippen LogP contribution in [0.5, 0.6) is 0 Å². The van der Waals surface area contributed by atoms with Crippen molar-refractivity contribution in [1.82, 2.24) is 10.3 Å². The SMILES string of the molecule is CC(C)NC(=O)C1CCCC(Nc2ccnc3c(F)cc(F)cc23)C1. The number of carbonyl (C=O) groups is 1. The second-order valence-electron chi connectivity index (χ2n) is 7.01. The van der Waals surface area contributed by atoms with Crippen LogP contribution in [0.4, 0.5) is 14.5 Å². The van der Waals surface area contributed by atoms with Gasteiger partial charge in [-0.25, -0.2) is 8.78 Å². The number of carbonyl (C=O) groups excluding carboxylic acids is 1. The van der Waals surface area contributed by atoms with Gasteiger partial charge in [0.25, 0.3) is 0 Å². The smallest absolute Gasteiger partial charge is 0.223 e. The molecule has 1 aliphatic carbocycles. The van der Waals surface area contributed by atoms with Crippen molar-refractivity contribution in [2.24, 2.45) is 5.92 Å². The molecule has 4 nitrogen and oxygen atoms in total. The van der Waals surface area contributed by atoms with Crippen LogP contribution in [0.2, 0.25) is 0 Å². The van der Waals surface area contributed by atoms with E-state index in [1.165, 1.54) is 12.3 Å². The summed E-state index contributed by atoms with van der Waals surface area (Å²) in [7, 11) is 0. The van der Waals surface area contributed by atoms with E-state index >= 15 is 0 Å². The Morgan fingerprint density at radius 1 is 1.28 bits per heavy atom. The highest BCUT2D eigenvalue weighted by atomic mass is 19.1. The maximum absolute atomic E-state index is 13.9. The quantitative estimate of drug-likeness (QED) is 0.879. The zero-order chi connectivity index (χ0) is 18.0. The van der Waals surface area contributed by atoms with Crippen molar-refractivity contribution in [3.63, 3.8) is 0 Å². The summed E-state index contributed by atoms with van der Waals surface area (Å²) in [5.41, 5.74) is 0.801. The first-order chi connectivity index (χ1) is 11.9. The number of halogens is 2. The lowest BCUT2D eigenvalue weighted by molar-refractivity contribution is -0.126. The maximum Gasteiger partial charge on any atom is 0.223 e. The van der Waals surface area contributed by atoms with Crippen LogP contribution in [0.3, 0.4) is 0 Å². The number of fused-ring (bicyclic) bond motifs is 1. The minimum absolute atomic E-state index is 0.0322. The highest BCUT2D eigenvalue weighted by Crippen LogP contribution is 2.30. The fraction of sp³-hybridized carbons (Fsp3) is 0.474. The molecule has 1 aromatic carbocycles. The highest BCUT2D eigenvalue weighted by Gasteiger charge is 2.27. The number of hydrogen-bond donors (Lipinski definition) is 2. The molecular weight excluding hydrogens is 324 g/mol. The van der Waals surface area contributed by atoms with Gasteiger partial charge in [0.1, 0.15) is 11.3 Å². The Balaban J connectivity index is 1.78. The van der Waals surface area contributed by atoms with E-state index in [0.717, 1.165) is 25.3 Å². The normalized spacial score (nSPS) is 20.7. The molecule has 6 heteroatoms. The average molecular weight is 347 g/mol. The molecule has 3 rings (SSSR count). The number of amides is 1. The van der Waals surface area contributed by atoms with Crippen LogP contribution in [0.1, 0.15) is 39.5 Å². The number of nitrogens with one attached hydrogen (secondary N) is 2.